The van der Waals surface area contributed by atoms with Crippen molar-refractivity contribution >= 4 is 10.8 Å². The van der Waals surface area contributed by atoms with Crippen molar-refractivity contribution in [1.29, 1.82) is 0 Å². The Morgan fingerprint density at radius 1 is 0.362 bits per heavy atom. The normalized spacial score (nSPS) is 15.3. The highest BCUT2D eigenvalue weighted by Crippen LogP contribution is 2.64. The summed E-state index contributed by atoms with van der Waals surface area (Å²) in [6.45, 7) is 0. The van der Waals surface area contributed by atoms with Crippen LogP contribution in [0.4, 0.5) is 0 Å². The third kappa shape index (κ3) is 3.67. The molecular weight excluding hydrogens is 569 g/mol. The Morgan fingerprint density at radius 2 is 0.894 bits per heavy atom. The van der Waals surface area contributed by atoms with Crippen molar-refractivity contribution in [2.45, 2.75) is 5.41 Å². The van der Waals surface area contributed by atoms with E-state index < -0.39 is 5.41 Å². The molecule has 7 aromatic carbocycles. The third-order valence-corrected chi connectivity index (χ3v) is 10.1. The maximum absolute atomic E-state index is 5.22. The zero-order valence-electron chi connectivity index (χ0n) is 25.6. The van der Waals surface area contributed by atoms with Gasteiger partial charge in [0.05, 0.1) is 16.8 Å². The molecule has 0 amide bonds. The fourth-order valence-corrected chi connectivity index (χ4v) is 8.15. The maximum Gasteiger partial charge on any atom is 0.160 e. The molecule has 2 heteroatoms. The molecule has 47 heavy (non-hydrogen) atoms. The number of fused-ring (bicyclic) bond motifs is 12. The van der Waals surface area contributed by atoms with E-state index in [2.05, 4.69) is 158 Å². The van der Waals surface area contributed by atoms with E-state index in [0.717, 1.165) is 33.9 Å². The molecule has 0 saturated heterocycles. The lowest BCUT2D eigenvalue weighted by Gasteiger charge is -2.31. The summed E-state index contributed by atoms with van der Waals surface area (Å²) in [5.41, 5.74) is 15.0. The predicted octanol–water partition coefficient (Wildman–Crippen LogP) is 11.0. The van der Waals surface area contributed by atoms with Crippen LogP contribution in [0.15, 0.2) is 170 Å². The van der Waals surface area contributed by atoms with Crippen molar-refractivity contribution in [3.63, 3.8) is 0 Å². The molecule has 2 aliphatic carbocycles. The van der Waals surface area contributed by atoms with Crippen LogP contribution in [-0.2, 0) is 5.41 Å². The van der Waals surface area contributed by atoms with Crippen molar-refractivity contribution in [1.82, 2.24) is 9.97 Å². The summed E-state index contributed by atoms with van der Waals surface area (Å²) >= 11 is 0. The Kier molecular flexibility index (Phi) is 5.53. The van der Waals surface area contributed by atoms with Crippen LogP contribution in [0.1, 0.15) is 22.3 Å². The van der Waals surface area contributed by atoms with Gasteiger partial charge in [-0.3, -0.25) is 0 Å². The van der Waals surface area contributed by atoms with Gasteiger partial charge in [0.25, 0.3) is 0 Å². The molecular formula is C45H28N2. The van der Waals surface area contributed by atoms with Crippen LogP contribution >= 0.6 is 0 Å². The van der Waals surface area contributed by atoms with E-state index >= 15 is 0 Å². The van der Waals surface area contributed by atoms with Crippen LogP contribution in [0.25, 0.3) is 66.9 Å². The number of hydrogen-bond acceptors (Lipinski definition) is 2. The van der Waals surface area contributed by atoms with Gasteiger partial charge in [0.2, 0.25) is 0 Å². The molecule has 2 aliphatic rings. The standard InChI is InChI=1S/C45H28N2/c1-3-14-30(15-4-1)41-28-42(31-16-5-2-6-17-31)47-44(46-41)32-24-25-36-34-19-9-11-21-38(34)45(40(36)27-32)39-22-12-10-20-35(39)37-26-23-29-13-7-8-18-33(29)43(37)45/h1-28H. The van der Waals surface area contributed by atoms with Crippen LogP contribution in [-0.4, -0.2) is 9.97 Å². The average molecular weight is 597 g/mol. The Morgan fingerprint density at radius 3 is 1.57 bits per heavy atom. The first-order valence-corrected chi connectivity index (χ1v) is 16.2. The largest absolute Gasteiger partial charge is 0.228 e. The van der Waals surface area contributed by atoms with Gasteiger partial charge in [-0.2, -0.15) is 0 Å². The van der Waals surface area contributed by atoms with E-state index in [4.69, 9.17) is 9.97 Å². The minimum Gasteiger partial charge on any atom is -0.228 e. The fraction of sp³-hybridized carbons (Fsp3) is 0.0222. The van der Waals surface area contributed by atoms with Gasteiger partial charge in [-0.05, 0) is 67.4 Å². The maximum atomic E-state index is 5.22. The van der Waals surface area contributed by atoms with Crippen LogP contribution in [0.5, 0.6) is 0 Å². The minimum atomic E-state index is -0.464. The molecule has 0 saturated carbocycles. The molecule has 1 spiro atoms. The smallest absolute Gasteiger partial charge is 0.160 e. The Hall–Kier alpha value is -6.12. The first-order valence-electron chi connectivity index (χ1n) is 16.2. The van der Waals surface area contributed by atoms with Crippen molar-refractivity contribution < 1.29 is 0 Å². The van der Waals surface area contributed by atoms with Gasteiger partial charge in [-0.15, -0.1) is 0 Å². The minimum absolute atomic E-state index is 0.464. The number of aromatic nitrogens is 2. The Labute approximate surface area is 273 Å². The lowest BCUT2D eigenvalue weighted by Crippen LogP contribution is -2.26. The molecule has 218 valence electrons. The van der Waals surface area contributed by atoms with E-state index in [1.165, 1.54) is 55.3 Å². The van der Waals surface area contributed by atoms with Crippen molar-refractivity contribution in [2.24, 2.45) is 0 Å². The lowest BCUT2D eigenvalue weighted by atomic mass is 9.69. The molecule has 1 atom stereocenters. The van der Waals surface area contributed by atoms with E-state index in [9.17, 15) is 0 Å². The Balaban J connectivity index is 1.29. The molecule has 0 radical (unpaired) electrons. The number of hydrogen-bond donors (Lipinski definition) is 0. The highest BCUT2D eigenvalue weighted by molar-refractivity contribution is 6.04. The zero-order valence-corrected chi connectivity index (χ0v) is 25.6. The summed E-state index contributed by atoms with van der Waals surface area (Å²) in [4.78, 5) is 10.4. The third-order valence-electron chi connectivity index (χ3n) is 10.1. The second-order valence-corrected chi connectivity index (χ2v) is 12.5. The number of rotatable bonds is 3. The molecule has 1 heterocycles. The zero-order chi connectivity index (χ0) is 31.0. The van der Waals surface area contributed by atoms with Crippen LogP contribution < -0.4 is 0 Å². The summed E-state index contributed by atoms with van der Waals surface area (Å²) in [5.74, 6) is 0.725. The molecule has 0 N–H and O–H groups in total. The second kappa shape index (κ2) is 9.94. The first-order chi connectivity index (χ1) is 23.3. The molecule has 10 rings (SSSR count). The number of nitrogens with zero attached hydrogens (tertiary/aromatic N) is 2. The summed E-state index contributed by atoms with van der Waals surface area (Å²) in [6, 6.07) is 61.2. The second-order valence-electron chi connectivity index (χ2n) is 12.5. The topological polar surface area (TPSA) is 25.8 Å². The van der Waals surface area contributed by atoms with Gasteiger partial charge in [-0.25, -0.2) is 9.97 Å². The summed E-state index contributed by atoms with van der Waals surface area (Å²) in [7, 11) is 0. The monoisotopic (exact) mass is 596 g/mol. The molecule has 0 bridgehead atoms. The van der Waals surface area contributed by atoms with Gasteiger partial charge in [0.1, 0.15) is 0 Å². The van der Waals surface area contributed by atoms with Crippen molar-refractivity contribution in [3.05, 3.63) is 192 Å². The molecule has 2 nitrogen and oxygen atoms in total. The summed E-state index contributed by atoms with van der Waals surface area (Å²) < 4.78 is 0. The first kappa shape index (κ1) is 26.1. The Bertz CT molecular complexity index is 2450. The summed E-state index contributed by atoms with van der Waals surface area (Å²) in [5, 5.41) is 2.55. The lowest BCUT2D eigenvalue weighted by molar-refractivity contribution is 0.801. The molecule has 1 aromatic heterocycles. The fourth-order valence-electron chi connectivity index (χ4n) is 8.15. The molecule has 1 unspecified atom stereocenters. The average Bonchev–Trinajstić information content (AvgIpc) is 3.62. The highest BCUT2D eigenvalue weighted by atomic mass is 14.9. The van der Waals surface area contributed by atoms with Crippen molar-refractivity contribution in [3.8, 4) is 56.2 Å². The molecule has 8 aromatic rings. The van der Waals surface area contributed by atoms with E-state index in [1.807, 2.05) is 12.1 Å². The number of benzene rings is 7. The van der Waals surface area contributed by atoms with Gasteiger partial charge < -0.3 is 0 Å². The molecule has 0 fully saturated rings. The predicted molar refractivity (Wildman–Crippen MR) is 192 cm³/mol. The van der Waals surface area contributed by atoms with E-state index in [-0.39, 0.29) is 0 Å². The quantitative estimate of drug-likeness (QED) is 0.203. The van der Waals surface area contributed by atoms with Crippen molar-refractivity contribution in [2.75, 3.05) is 0 Å². The van der Waals surface area contributed by atoms with E-state index in [0.29, 0.717) is 0 Å². The van der Waals surface area contributed by atoms with Gasteiger partial charge >= 0.3 is 0 Å². The summed E-state index contributed by atoms with van der Waals surface area (Å²) in [6.07, 6.45) is 0. The van der Waals surface area contributed by atoms with Gasteiger partial charge in [-0.1, -0.05) is 158 Å². The van der Waals surface area contributed by atoms with Crippen LogP contribution in [0, 0.1) is 0 Å². The van der Waals surface area contributed by atoms with Gasteiger partial charge in [0, 0.05) is 16.7 Å². The van der Waals surface area contributed by atoms with Crippen LogP contribution in [0.2, 0.25) is 0 Å². The van der Waals surface area contributed by atoms with Gasteiger partial charge in [0.15, 0.2) is 5.82 Å². The highest BCUT2D eigenvalue weighted by Gasteiger charge is 2.52. The van der Waals surface area contributed by atoms with Crippen LogP contribution in [0.3, 0.4) is 0 Å². The molecule has 0 aliphatic heterocycles. The van der Waals surface area contributed by atoms with E-state index in [1.54, 1.807) is 0 Å². The SMILES string of the molecule is c1ccc(-c2cc(-c3ccccc3)nc(-c3ccc4c(c3)C3(c5ccccc5-4)c4ccccc4-c4ccc5ccccc5c43)n2)cc1.